The van der Waals surface area contributed by atoms with Crippen LogP contribution in [0.2, 0.25) is 0 Å². The summed E-state index contributed by atoms with van der Waals surface area (Å²) in [6, 6.07) is 7.98. The van der Waals surface area contributed by atoms with Crippen LogP contribution in [0.5, 0.6) is 0 Å². The standard InChI is InChI=1S/C24H36O4/c1-23(2,17-25)15-5-7-19-9-11-21(27-19)13-14-22-12-10-20(28-22)8-6-16-24(3,4)18-26/h9-14,25-26H,5-8,15-18H2,1-4H3/b14-13-. The Bertz CT molecular complexity index is 671. The van der Waals surface area contributed by atoms with Crippen LogP contribution in [-0.4, -0.2) is 23.4 Å². The second-order valence-corrected chi connectivity index (χ2v) is 9.29. The molecular formula is C24H36O4. The average molecular weight is 389 g/mol. The van der Waals surface area contributed by atoms with E-state index in [-0.39, 0.29) is 24.0 Å². The SMILES string of the molecule is CC(C)(CO)CCCc1ccc(/C=C\c2ccc(CCCC(C)(C)CO)o2)o1. The molecule has 4 heteroatoms. The van der Waals surface area contributed by atoms with Crippen LogP contribution in [0.15, 0.2) is 33.1 Å². The molecule has 156 valence electrons. The third-order valence-electron chi connectivity index (χ3n) is 5.19. The fourth-order valence-corrected chi connectivity index (χ4v) is 3.04. The molecule has 28 heavy (non-hydrogen) atoms. The molecule has 0 bridgehead atoms. The Balaban J connectivity index is 1.80. The van der Waals surface area contributed by atoms with E-state index in [0.29, 0.717) is 0 Å². The van der Waals surface area contributed by atoms with Gasteiger partial charge in [0.15, 0.2) is 0 Å². The van der Waals surface area contributed by atoms with Crippen LogP contribution in [0, 0.1) is 10.8 Å². The molecule has 2 aromatic rings. The fourth-order valence-electron chi connectivity index (χ4n) is 3.04. The summed E-state index contributed by atoms with van der Waals surface area (Å²) in [7, 11) is 0. The summed E-state index contributed by atoms with van der Waals surface area (Å²) in [6.45, 7) is 8.73. The number of hydrogen-bond donors (Lipinski definition) is 2. The minimum absolute atomic E-state index is 0.0276. The molecule has 0 aliphatic heterocycles. The lowest BCUT2D eigenvalue weighted by molar-refractivity contribution is 0.147. The molecule has 2 aromatic heterocycles. The summed E-state index contributed by atoms with van der Waals surface area (Å²) < 4.78 is 11.7. The Kier molecular flexibility index (Phi) is 8.14. The van der Waals surface area contributed by atoms with Gasteiger partial charge in [0.1, 0.15) is 23.0 Å². The van der Waals surface area contributed by atoms with Gasteiger partial charge in [0.05, 0.1) is 0 Å². The molecule has 0 aromatic carbocycles. The number of furan rings is 2. The number of hydrogen-bond acceptors (Lipinski definition) is 4. The van der Waals surface area contributed by atoms with Crippen LogP contribution < -0.4 is 0 Å². The highest BCUT2D eigenvalue weighted by molar-refractivity contribution is 5.64. The van der Waals surface area contributed by atoms with E-state index in [1.165, 1.54) is 0 Å². The van der Waals surface area contributed by atoms with Gasteiger partial charge in [-0.15, -0.1) is 0 Å². The first-order valence-electron chi connectivity index (χ1n) is 10.3. The zero-order valence-electron chi connectivity index (χ0n) is 17.8. The largest absolute Gasteiger partial charge is 0.462 e. The lowest BCUT2D eigenvalue weighted by atomic mass is 9.88. The molecule has 0 atom stereocenters. The van der Waals surface area contributed by atoms with Gasteiger partial charge in [0.25, 0.3) is 0 Å². The van der Waals surface area contributed by atoms with Crippen LogP contribution in [0.4, 0.5) is 0 Å². The van der Waals surface area contributed by atoms with Crippen molar-refractivity contribution in [3.8, 4) is 0 Å². The second kappa shape index (κ2) is 10.1. The third-order valence-corrected chi connectivity index (χ3v) is 5.19. The average Bonchev–Trinajstić information content (AvgIpc) is 3.29. The minimum Gasteiger partial charge on any atom is -0.462 e. The van der Waals surface area contributed by atoms with E-state index >= 15 is 0 Å². The Morgan fingerprint density at radius 1 is 0.714 bits per heavy atom. The van der Waals surface area contributed by atoms with Gasteiger partial charge in [-0.2, -0.15) is 0 Å². The first-order valence-corrected chi connectivity index (χ1v) is 10.3. The van der Waals surface area contributed by atoms with Gasteiger partial charge < -0.3 is 19.0 Å². The lowest BCUT2D eigenvalue weighted by Gasteiger charge is -2.20. The zero-order chi connectivity index (χ0) is 20.6. The van der Waals surface area contributed by atoms with Crippen LogP contribution in [0.3, 0.4) is 0 Å². The monoisotopic (exact) mass is 388 g/mol. The predicted molar refractivity (Wildman–Crippen MR) is 114 cm³/mol. The molecular weight excluding hydrogens is 352 g/mol. The molecule has 0 unspecified atom stereocenters. The summed E-state index contributed by atoms with van der Waals surface area (Å²) in [5.74, 6) is 3.58. The van der Waals surface area contributed by atoms with Crippen molar-refractivity contribution in [1.29, 1.82) is 0 Å². The maximum absolute atomic E-state index is 9.32. The second-order valence-electron chi connectivity index (χ2n) is 9.29. The normalized spacial score (nSPS) is 12.9. The van der Waals surface area contributed by atoms with E-state index in [2.05, 4.69) is 27.7 Å². The van der Waals surface area contributed by atoms with Crippen LogP contribution in [0.25, 0.3) is 12.2 Å². The van der Waals surface area contributed by atoms with Gasteiger partial charge in [0.2, 0.25) is 0 Å². The predicted octanol–water partition coefficient (Wildman–Crippen LogP) is 5.73. The molecule has 2 N–H and O–H groups in total. The number of aliphatic hydroxyl groups excluding tert-OH is 2. The molecule has 0 saturated heterocycles. The summed E-state index contributed by atoms with van der Waals surface area (Å²) in [5, 5.41) is 18.6. The van der Waals surface area contributed by atoms with Crippen molar-refractivity contribution in [2.45, 2.75) is 66.2 Å². The van der Waals surface area contributed by atoms with Crippen molar-refractivity contribution < 1.29 is 19.0 Å². The highest BCUT2D eigenvalue weighted by Gasteiger charge is 2.16. The van der Waals surface area contributed by atoms with E-state index in [1.807, 2.05) is 36.4 Å². The molecule has 0 amide bonds. The van der Waals surface area contributed by atoms with Crippen LogP contribution in [-0.2, 0) is 12.8 Å². The van der Waals surface area contributed by atoms with Gasteiger partial charge in [-0.05, 0) is 72.9 Å². The quantitative estimate of drug-likeness (QED) is 0.487. The topological polar surface area (TPSA) is 66.7 Å². The number of aliphatic hydroxyl groups is 2. The summed E-state index contributed by atoms with van der Waals surface area (Å²) >= 11 is 0. The smallest absolute Gasteiger partial charge is 0.127 e. The van der Waals surface area contributed by atoms with Gasteiger partial charge in [0, 0.05) is 26.1 Å². The van der Waals surface area contributed by atoms with Crippen molar-refractivity contribution in [3.05, 3.63) is 47.3 Å². The molecule has 2 rings (SSSR count). The van der Waals surface area contributed by atoms with Gasteiger partial charge in [-0.3, -0.25) is 0 Å². The Labute approximate surface area is 169 Å². The maximum atomic E-state index is 9.32. The molecule has 0 aliphatic rings. The summed E-state index contributed by atoms with van der Waals surface area (Å²) in [6.07, 6.45) is 9.56. The summed E-state index contributed by atoms with van der Waals surface area (Å²) in [5.41, 5.74) is -0.0552. The van der Waals surface area contributed by atoms with E-state index in [9.17, 15) is 10.2 Å². The number of rotatable bonds is 12. The minimum atomic E-state index is -0.0276. The maximum Gasteiger partial charge on any atom is 0.127 e. The Morgan fingerprint density at radius 2 is 1.11 bits per heavy atom. The Morgan fingerprint density at radius 3 is 1.46 bits per heavy atom. The first kappa shape index (κ1) is 22.5. The lowest BCUT2D eigenvalue weighted by Crippen LogP contribution is -2.16. The number of aryl methyl sites for hydroxylation is 2. The van der Waals surface area contributed by atoms with Crippen molar-refractivity contribution >= 4 is 12.2 Å². The van der Waals surface area contributed by atoms with E-state index in [4.69, 9.17) is 8.83 Å². The van der Waals surface area contributed by atoms with Crippen molar-refractivity contribution in [2.24, 2.45) is 10.8 Å². The van der Waals surface area contributed by atoms with Crippen LogP contribution in [0.1, 0.15) is 76.4 Å². The van der Waals surface area contributed by atoms with Crippen molar-refractivity contribution in [2.75, 3.05) is 13.2 Å². The molecule has 2 heterocycles. The third kappa shape index (κ3) is 7.69. The van der Waals surface area contributed by atoms with Crippen LogP contribution >= 0.6 is 0 Å². The Hall–Kier alpha value is -1.78. The molecule has 0 saturated carbocycles. The summed E-state index contributed by atoms with van der Waals surface area (Å²) in [4.78, 5) is 0. The highest BCUT2D eigenvalue weighted by atomic mass is 16.3. The molecule has 0 aliphatic carbocycles. The molecule has 0 radical (unpaired) electrons. The van der Waals surface area contributed by atoms with Gasteiger partial charge >= 0.3 is 0 Å². The molecule has 0 fully saturated rings. The van der Waals surface area contributed by atoms with Gasteiger partial charge in [-0.1, -0.05) is 27.7 Å². The highest BCUT2D eigenvalue weighted by Crippen LogP contribution is 2.24. The van der Waals surface area contributed by atoms with Crippen molar-refractivity contribution in [3.63, 3.8) is 0 Å². The fraction of sp³-hybridized carbons (Fsp3) is 0.583. The first-order chi connectivity index (χ1) is 13.2. The van der Waals surface area contributed by atoms with Gasteiger partial charge in [-0.25, -0.2) is 0 Å². The molecule has 0 spiro atoms. The van der Waals surface area contributed by atoms with Crippen molar-refractivity contribution in [1.82, 2.24) is 0 Å². The van der Waals surface area contributed by atoms with E-state index < -0.39 is 0 Å². The zero-order valence-corrected chi connectivity index (χ0v) is 17.8. The van der Waals surface area contributed by atoms with E-state index in [0.717, 1.165) is 61.6 Å². The molecule has 4 nitrogen and oxygen atoms in total. The van der Waals surface area contributed by atoms with E-state index in [1.54, 1.807) is 0 Å².